The van der Waals surface area contributed by atoms with Crippen molar-refractivity contribution >= 4 is 46.4 Å². The number of para-hydroxylation sites is 1. The Labute approximate surface area is 145 Å². The van der Waals surface area contributed by atoms with Gasteiger partial charge in [0.05, 0.1) is 16.8 Å². The smallest absolute Gasteiger partial charge is 0.279 e. The van der Waals surface area contributed by atoms with E-state index in [0.29, 0.717) is 10.7 Å². The van der Waals surface area contributed by atoms with Gasteiger partial charge in [0.2, 0.25) is 0 Å². The minimum Gasteiger partial charge on any atom is -0.279 e. The van der Waals surface area contributed by atoms with Crippen molar-refractivity contribution in [1.82, 2.24) is 0 Å². The molecular weight excluding hydrogens is 335 g/mol. The number of hydrogen-bond acceptors (Lipinski definition) is 3. The maximum atomic E-state index is 12.7. The number of alkyl halides is 1. The molecule has 3 rings (SSSR count). The molecule has 2 aliphatic rings. The van der Waals surface area contributed by atoms with Gasteiger partial charge in [0.15, 0.2) is 5.38 Å². The summed E-state index contributed by atoms with van der Waals surface area (Å²) in [5.41, 5.74) is 0.518. The van der Waals surface area contributed by atoms with Gasteiger partial charge in [-0.05, 0) is 25.0 Å². The van der Waals surface area contributed by atoms with Gasteiger partial charge in [-0.15, -0.1) is 11.6 Å². The lowest BCUT2D eigenvalue weighted by atomic mass is 10.1. The standard InChI is InChI=1S/C17H18Cl2N2O2/c18-12-9-5-6-10-13(12)21-16(22)14(19)15(17(21)23)20-11-7-3-1-2-4-8-11/h5-6,9-11,14H,1-4,7-8H2. The molecule has 1 saturated heterocycles. The summed E-state index contributed by atoms with van der Waals surface area (Å²) in [6.07, 6.45) is 6.49. The maximum absolute atomic E-state index is 12.7. The topological polar surface area (TPSA) is 49.7 Å². The van der Waals surface area contributed by atoms with Crippen LogP contribution in [0.15, 0.2) is 29.3 Å². The number of rotatable bonds is 2. The van der Waals surface area contributed by atoms with E-state index in [4.69, 9.17) is 23.2 Å². The Morgan fingerprint density at radius 1 is 1.04 bits per heavy atom. The molecule has 0 aromatic heterocycles. The Morgan fingerprint density at radius 3 is 2.35 bits per heavy atom. The van der Waals surface area contributed by atoms with Crippen LogP contribution in [0.5, 0.6) is 0 Å². The van der Waals surface area contributed by atoms with Gasteiger partial charge in [0, 0.05) is 0 Å². The number of aliphatic imine (C=N–C) groups is 1. The molecule has 122 valence electrons. The molecule has 2 fully saturated rings. The van der Waals surface area contributed by atoms with Gasteiger partial charge in [-0.25, -0.2) is 4.90 Å². The summed E-state index contributed by atoms with van der Waals surface area (Å²) in [6, 6.07) is 6.83. The van der Waals surface area contributed by atoms with E-state index in [1.165, 1.54) is 12.8 Å². The van der Waals surface area contributed by atoms with Crippen molar-refractivity contribution in [2.45, 2.75) is 49.9 Å². The molecule has 1 aromatic rings. The highest BCUT2D eigenvalue weighted by Gasteiger charge is 2.45. The number of nitrogens with zero attached hydrogens (tertiary/aromatic N) is 2. The summed E-state index contributed by atoms with van der Waals surface area (Å²) in [5, 5.41) is -0.684. The van der Waals surface area contributed by atoms with Crippen LogP contribution in [-0.2, 0) is 9.59 Å². The van der Waals surface area contributed by atoms with E-state index >= 15 is 0 Å². The molecule has 2 amide bonds. The highest BCUT2D eigenvalue weighted by Crippen LogP contribution is 2.31. The summed E-state index contributed by atoms with van der Waals surface area (Å²) >= 11 is 12.3. The van der Waals surface area contributed by atoms with Crippen LogP contribution in [0.1, 0.15) is 38.5 Å². The molecule has 4 nitrogen and oxygen atoms in total. The van der Waals surface area contributed by atoms with Gasteiger partial charge in [-0.2, -0.15) is 0 Å². The molecule has 1 aliphatic carbocycles. The van der Waals surface area contributed by atoms with Gasteiger partial charge < -0.3 is 0 Å². The maximum Gasteiger partial charge on any atom is 0.281 e. The molecule has 23 heavy (non-hydrogen) atoms. The number of hydrogen-bond donors (Lipinski definition) is 0. The van der Waals surface area contributed by atoms with Gasteiger partial charge in [0.25, 0.3) is 11.8 Å². The van der Waals surface area contributed by atoms with Crippen molar-refractivity contribution in [3.63, 3.8) is 0 Å². The summed E-state index contributed by atoms with van der Waals surface area (Å²) in [7, 11) is 0. The van der Waals surface area contributed by atoms with Crippen molar-refractivity contribution in [1.29, 1.82) is 0 Å². The van der Waals surface area contributed by atoms with E-state index in [2.05, 4.69) is 4.99 Å². The summed E-state index contributed by atoms with van der Waals surface area (Å²) in [5.74, 6) is -0.926. The number of anilines is 1. The zero-order chi connectivity index (χ0) is 16.4. The second kappa shape index (κ2) is 7.02. The largest absolute Gasteiger partial charge is 0.281 e. The Kier molecular flexibility index (Phi) is 5.02. The van der Waals surface area contributed by atoms with Gasteiger partial charge >= 0.3 is 0 Å². The number of halogens is 2. The minimum atomic E-state index is -1.03. The molecule has 1 atom stereocenters. The average Bonchev–Trinajstić information content (AvgIpc) is 2.75. The SMILES string of the molecule is O=C1C(=NC2CCCCCC2)C(Cl)C(=O)N1c1ccccc1Cl. The van der Waals surface area contributed by atoms with Gasteiger partial charge in [0.1, 0.15) is 5.71 Å². The zero-order valence-electron chi connectivity index (χ0n) is 12.7. The van der Waals surface area contributed by atoms with Crippen LogP contribution in [0.25, 0.3) is 0 Å². The lowest BCUT2D eigenvalue weighted by molar-refractivity contribution is -0.120. The van der Waals surface area contributed by atoms with Crippen LogP contribution in [0.2, 0.25) is 5.02 Å². The first-order valence-electron chi connectivity index (χ1n) is 7.94. The number of carbonyl (C=O) groups is 2. The fourth-order valence-electron chi connectivity index (χ4n) is 3.12. The van der Waals surface area contributed by atoms with Crippen LogP contribution in [-0.4, -0.2) is 28.9 Å². The highest BCUT2D eigenvalue weighted by atomic mass is 35.5. The van der Waals surface area contributed by atoms with Crippen LogP contribution >= 0.6 is 23.2 Å². The minimum absolute atomic E-state index is 0.0803. The van der Waals surface area contributed by atoms with Crippen molar-refractivity contribution < 1.29 is 9.59 Å². The molecule has 0 bridgehead atoms. The molecular formula is C17H18Cl2N2O2. The molecule has 0 spiro atoms. The van der Waals surface area contributed by atoms with Crippen molar-refractivity contribution in [3.8, 4) is 0 Å². The third-order valence-electron chi connectivity index (χ3n) is 4.34. The number of amides is 2. The first-order chi connectivity index (χ1) is 11.1. The third-order valence-corrected chi connectivity index (χ3v) is 5.05. The van der Waals surface area contributed by atoms with Gasteiger partial charge in [-0.3, -0.25) is 14.6 Å². The fourth-order valence-corrected chi connectivity index (χ4v) is 3.59. The van der Waals surface area contributed by atoms with Crippen molar-refractivity contribution in [2.75, 3.05) is 4.90 Å². The Hall–Kier alpha value is -1.39. The molecule has 0 radical (unpaired) electrons. The van der Waals surface area contributed by atoms with Crippen LogP contribution in [0, 0.1) is 0 Å². The normalized spacial score (nSPS) is 25.2. The predicted octanol–water partition coefficient (Wildman–Crippen LogP) is 3.98. The Bertz CT molecular complexity index is 652. The second-order valence-corrected chi connectivity index (χ2v) is 6.80. The molecule has 1 aromatic carbocycles. The first kappa shape index (κ1) is 16.5. The molecule has 1 aliphatic heterocycles. The summed E-state index contributed by atoms with van der Waals surface area (Å²) in [6.45, 7) is 0. The summed E-state index contributed by atoms with van der Waals surface area (Å²) < 4.78 is 0. The number of benzene rings is 1. The predicted molar refractivity (Wildman–Crippen MR) is 92.5 cm³/mol. The average molecular weight is 353 g/mol. The van der Waals surface area contributed by atoms with Crippen LogP contribution in [0.3, 0.4) is 0 Å². The van der Waals surface area contributed by atoms with Crippen LogP contribution in [0.4, 0.5) is 5.69 Å². The van der Waals surface area contributed by atoms with Crippen molar-refractivity contribution in [2.24, 2.45) is 4.99 Å². The molecule has 1 saturated carbocycles. The zero-order valence-corrected chi connectivity index (χ0v) is 14.2. The van der Waals surface area contributed by atoms with Gasteiger partial charge in [-0.1, -0.05) is 49.4 Å². The number of carbonyl (C=O) groups excluding carboxylic acids is 2. The first-order valence-corrected chi connectivity index (χ1v) is 8.75. The number of imide groups is 1. The van der Waals surface area contributed by atoms with E-state index in [-0.39, 0.29) is 11.8 Å². The van der Waals surface area contributed by atoms with Crippen LogP contribution < -0.4 is 4.90 Å². The van der Waals surface area contributed by atoms with E-state index in [0.717, 1.165) is 30.6 Å². The van der Waals surface area contributed by atoms with E-state index < -0.39 is 17.2 Å². The Balaban J connectivity index is 1.90. The lowest BCUT2D eigenvalue weighted by Crippen LogP contribution is -2.31. The molecule has 6 heteroatoms. The fraction of sp³-hybridized carbons (Fsp3) is 0.471. The highest BCUT2D eigenvalue weighted by molar-refractivity contribution is 6.68. The van der Waals surface area contributed by atoms with Crippen molar-refractivity contribution in [3.05, 3.63) is 29.3 Å². The third kappa shape index (κ3) is 3.29. The monoisotopic (exact) mass is 352 g/mol. The van der Waals surface area contributed by atoms with E-state index in [1.54, 1.807) is 24.3 Å². The molecule has 0 N–H and O–H groups in total. The molecule has 1 unspecified atom stereocenters. The Morgan fingerprint density at radius 2 is 1.70 bits per heavy atom. The lowest BCUT2D eigenvalue weighted by Gasteiger charge is -2.14. The van der Waals surface area contributed by atoms with E-state index in [9.17, 15) is 9.59 Å². The summed E-state index contributed by atoms with van der Waals surface area (Å²) in [4.78, 5) is 30.7. The quantitative estimate of drug-likeness (QED) is 0.459. The van der Waals surface area contributed by atoms with E-state index in [1.807, 2.05) is 0 Å². The second-order valence-electron chi connectivity index (χ2n) is 5.95. The molecule has 1 heterocycles.